The first-order chi connectivity index (χ1) is 11.0. The summed E-state index contributed by atoms with van der Waals surface area (Å²) in [6.07, 6.45) is 0. The molecule has 23 heavy (non-hydrogen) atoms. The van der Waals surface area contributed by atoms with E-state index in [1.165, 1.54) is 24.3 Å². The van der Waals surface area contributed by atoms with Crippen molar-refractivity contribution in [3.05, 3.63) is 51.7 Å². The van der Waals surface area contributed by atoms with Gasteiger partial charge in [-0.25, -0.2) is 9.37 Å². The predicted octanol–water partition coefficient (Wildman–Crippen LogP) is -0.0299. The topological polar surface area (TPSA) is 113 Å². The van der Waals surface area contributed by atoms with Crippen LogP contribution in [0.15, 0.2) is 29.1 Å². The van der Waals surface area contributed by atoms with E-state index >= 15 is 0 Å². The van der Waals surface area contributed by atoms with Crippen LogP contribution < -0.4 is 16.2 Å². The number of hydrogen-bond donors (Lipinski definition) is 3. The summed E-state index contributed by atoms with van der Waals surface area (Å²) in [5.41, 5.74) is -0.726. The molecule has 2 aromatic rings. The normalized spacial score (nSPS) is 12.7. The minimum Gasteiger partial charge on any atom is -0.501 e. The number of nitrogens with zero attached hydrogens (tertiary/aromatic N) is 2. The number of benzene rings is 1. The van der Waals surface area contributed by atoms with E-state index in [0.29, 0.717) is 5.56 Å². The molecule has 118 valence electrons. The van der Waals surface area contributed by atoms with Crippen molar-refractivity contribution in [2.75, 3.05) is 5.32 Å². The van der Waals surface area contributed by atoms with Gasteiger partial charge in [-0.15, -0.1) is 0 Å². The second-order valence-corrected chi connectivity index (χ2v) is 4.88. The summed E-state index contributed by atoms with van der Waals surface area (Å²) < 4.78 is 13.7. The Balaban J connectivity index is 1.82. The zero-order chi connectivity index (χ0) is 16.6. The molecule has 0 spiro atoms. The lowest BCUT2D eigenvalue weighted by molar-refractivity contribution is -0.115. The van der Waals surface area contributed by atoms with Gasteiger partial charge in [-0.2, -0.15) is 0 Å². The van der Waals surface area contributed by atoms with E-state index in [1.54, 1.807) is 0 Å². The lowest BCUT2D eigenvalue weighted by atomic mass is 10.2. The zero-order valence-corrected chi connectivity index (χ0v) is 11.7. The van der Waals surface area contributed by atoms with Gasteiger partial charge < -0.3 is 10.4 Å². The number of aromatic nitrogens is 2. The van der Waals surface area contributed by atoms with Gasteiger partial charge in [0.1, 0.15) is 12.4 Å². The third kappa shape index (κ3) is 2.76. The van der Waals surface area contributed by atoms with Gasteiger partial charge in [-0.05, 0) is 17.7 Å². The highest BCUT2D eigenvalue weighted by molar-refractivity contribution is 5.97. The van der Waals surface area contributed by atoms with E-state index in [0.717, 1.165) is 4.57 Å². The van der Waals surface area contributed by atoms with Crippen molar-refractivity contribution in [3.8, 4) is 5.75 Å². The van der Waals surface area contributed by atoms with Gasteiger partial charge in [0, 0.05) is 6.54 Å². The van der Waals surface area contributed by atoms with Gasteiger partial charge in [0.15, 0.2) is 5.69 Å². The average molecular weight is 318 g/mol. The first kappa shape index (κ1) is 14.7. The molecule has 0 saturated heterocycles. The van der Waals surface area contributed by atoms with E-state index < -0.39 is 34.6 Å². The van der Waals surface area contributed by atoms with E-state index in [4.69, 9.17) is 0 Å². The Morgan fingerprint density at radius 1 is 1.35 bits per heavy atom. The summed E-state index contributed by atoms with van der Waals surface area (Å²) >= 11 is 0. The highest BCUT2D eigenvalue weighted by atomic mass is 19.1. The predicted molar refractivity (Wildman–Crippen MR) is 76.4 cm³/mol. The van der Waals surface area contributed by atoms with Gasteiger partial charge in [0.25, 0.3) is 11.5 Å². The first-order valence-corrected chi connectivity index (χ1v) is 6.62. The Labute approximate surface area is 128 Å². The Morgan fingerprint density at radius 3 is 2.74 bits per heavy atom. The third-order valence-corrected chi connectivity index (χ3v) is 3.28. The highest BCUT2D eigenvalue weighted by Crippen LogP contribution is 2.16. The van der Waals surface area contributed by atoms with Crippen LogP contribution in [0.2, 0.25) is 0 Å². The van der Waals surface area contributed by atoms with E-state index in [2.05, 4.69) is 15.6 Å². The van der Waals surface area contributed by atoms with Gasteiger partial charge in [-0.1, -0.05) is 12.1 Å². The van der Waals surface area contributed by atoms with Crippen LogP contribution in [-0.2, 0) is 17.9 Å². The molecule has 9 heteroatoms. The molecule has 1 aromatic carbocycles. The van der Waals surface area contributed by atoms with Crippen LogP contribution in [0.25, 0.3) is 0 Å². The standard InChI is InChI=1S/C14H11FN4O4/c15-8-3-1-7(2-4-8)5-16-12(22)10-11(21)13(23)19-6-9(20)17-14(19)18-10/h1-4,21H,5-6H2,(H,16,22)(H,17,18,20). The SMILES string of the molecule is O=C1Cn2c(nc(C(=O)NCc3ccc(F)cc3)c(O)c2=O)N1. The fourth-order valence-electron chi connectivity index (χ4n) is 2.12. The number of nitrogens with one attached hydrogen (secondary N) is 2. The summed E-state index contributed by atoms with van der Waals surface area (Å²) in [6.45, 7) is -0.197. The summed E-state index contributed by atoms with van der Waals surface area (Å²) in [5, 5.41) is 14.6. The van der Waals surface area contributed by atoms with Crippen LogP contribution in [-0.4, -0.2) is 26.5 Å². The second-order valence-electron chi connectivity index (χ2n) is 4.88. The van der Waals surface area contributed by atoms with Crippen LogP contribution in [0.4, 0.5) is 10.3 Å². The zero-order valence-electron chi connectivity index (χ0n) is 11.7. The van der Waals surface area contributed by atoms with Crippen molar-refractivity contribution in [2.45, 2.75) is 13.1 Å². The molecule has 0 saturated carbocycles. The Kier molecular flexibility index (Phi) is 3.53. The Morgan fingerprint density at radius 2 is 2.04 bits per heavy atom. The van der Waals surface area contributed by atoms with Crippen molar-refractivity contribution in [1.29, 1.82) is 0 Å². The molecular formula is C14H11FN4O4. The summed E-state index contributed by atoms with van der Waals surface area (Å²) in [6, 6.07) is 5.46. The third-order valence-electron chi connectivity index (χ3n) is 3.28. The average Bonchev–Trinajstić information content (AvgIpc) is 2.91. The summed E-state index contributed by atoms with van der Waals surface area (Å²) in [4.78, 5) is 39.0. The van der Waals surface area contributed by atoms with Crippen LogP contribution in [0.3, 0.4) is 0 Å². The van der Waals surface area contributed by atoms with E-state index in [1.807, 2.05) is 0 Å². The van der Waals surface area contributed by atoms with Crippen LogP contribution in [0, 0.1) is 5.82 Å². The lowest BCUT2D eigenvalue weighted by Gasteiger charge is -2.08. The number of hydrogen-bond acceptors (Lipinski definition) is 5. The highest BCUT2D eigenvalue weighted by Gasteiger charge is 2.26. The van der Waals surface area contributed by atoms with Gasteiger partial charge in [-0.3, -0.25) is 24.3 Å². The van der Waals surface area contributed by atoms with Gasteiger partial charge in [0.2, 0.25) is 17.6 Å². The number of halogens is 1. The molecule has 1 aromatic heterocycles. The largest absolute Gasteiger partial charge is 0.501 e. The molecular weight excluding hydrogens is 307 g/mol. The molecule has 3 N–H and O–H groups in total. The molecule has 0 unspecified atom stereocenters. The minimum absolute atomic E-state index is 0.0605. The fourth-order valence-corrected chi connectivity index (χ4v) is 2.12. The Hall–Kier alpha value is -3.23. The van der Waals surface area contributed by atoms with Crippen LogP contribution >= 0.6 is 0 Å². The van der Waals surface area contributed by atoms with Gasteiger partial charge in [0.05, 0.1) is 0 Å². The van der Waals surface area contributed by atoms with E-state index in [-0.39, 0.29) is 19.0 Å². The quantitative estimate of drug-likeness (QED) is 0.735. The molecule has 1 aliphatic heterocycles. The minimum atomic E-state index is -0.875. The smallest absolute Gasteiger partial charge is 0.298 e. The number of aromatic hydroxyl groups is 1. The molecule has 0 aliphatic carbocycles. The maximum absolute atomic E-state index is 12.8. The lowest BCUT2D eigenvalue weighted by Crippen LogP contribution is -2.28. The number of anilines is 1. The van der Waals surface area contributed by atoms with Crippen molar-refractivity contribution >= 4 is 17.8 Å². The van der Waals surface area contributed by atoms with Crippen molar-refractivity contribution < 1.29 is 19.1 Å². The maximum atomic E-state index is 12.8. The number of rotatable bonds is 3. The first-order valence-electron chi connectivity index (χ1n) is 6.62. The fraction of sp³-hybridized carbons (Fsp3) is 0.143. The monoisotopic (exact) mass is 318 g/mol. The van der Waals surface area contributed by atoms with Crippen LogP contribution in [0.1, 0.15) is 16.1 Å². The molecule has 2 amide bonds. The molecule has 8 nitrogen and oxygen atoms in total. The number of fused-ring (bicyclic) bond motifs is 1. The van der Waals surface area contributed by atoms with Crippen molar-refractivity contribution in [3.63, 3.8) is 0 Å². The van der Waals surface area contributed by atoms with Crippen LogP contribution in [0.5, 0.6) is 5.75 Å². The molecule has 0 radical (unpaired) electrons. The molecule has 2 heterocycles. The number of carbonyl (C=O) groups excluding carboxylic acids is 2. The summed E-state index contributed by atoms with van der Waals surface area (Å²) in [5.74, 6) is -2.57. The molecule has 1 aliphatic rings. The summed E-state index contributed by atoms with van der Waals surface area (Å²) in [7, 11) is 0. The molecule has 0 atom stereocenters. The van der Waals surface area contributed by atoms with Crippen molar-refractivity contribution in [2.24, 2.45) is 0 Å². The number of carbonyl (C=O) groups is 2. The maximum Gasteiger partial charge on any atom is 0.298 e. The molecule has 3 rings (SSSR count). The van der Waals surface area contributed by atoms with E-state index in [9.17, 15) is 23.9 Å². The van der Waals surface area contributed by atoms with Crippen molar-refractivity contribution in [1.82, 2.24) is 14.9 Å². The number of amides is 2. The molecule has 0 bridgehead atoms. The van der Waals surface area contributed by atoms with Gasteiger partial charge >= 0.3 is 0 Å². The molecule has 0 fully saturated rings. The second kappa shape index (κ2) is 5.52. The Bertz CT molecular complexity index is 860.